The number of para-hydroxylation sites is 1. The van der Waals surface area contributed by atoms with Crippen molar-refractivity contribution < 1.29 is 8.42 Å². The fourth-order valence-corrected chi connectivity index (χ4v) is 4.75. The molecule has 1 aromatic carbocycles. The summed E-state index contributed by atoms with van der Waals surface area (Å²) in [6.07, 6.45) is 0. The first kappa shape index (κ1) is 17.4. The fraction of sp³-hybridized carbons (Fsp3) is 0.176. The van der Waals surface area contributed by atoms with Crippen molar-refractivity contribution in [3.8, 4) is 6.07 Å². The number of hydrogen-bond donors (Lipinski definition) is 2. The van der Waals surface area contributed by atoms with Gasteiger partial charge in [0.2, 0.25) is 10.0 Å². The van der Waals surface area contributed by atoms with E-state index in [1.807, 2.05) is 37.3 Å². The fourth-order valence-electron chi connectivity index (χ4n) is 2.39. The summed E-state index contributed by atoms with van der Waals surface area (Å²) in [7, 11) is -3.49. The van der Waals surface area contributed by atoms with E-state index in [0.717, 1.165) is 21.5 Å². The maximum absolute atomic E-state index is 12.2. The van der Waals surface area contributed by atoms with Crippen molar-refractivity contribution in [2.45, 2.75) is 11.1 Å². The zero-order valence-corrected chi connectivity index (χ0v) is 15.1. The first-order chi connectivity index (χ1) is 12.0. The third-order valence-electron chi connectivity index (χ3n) is 3.54. The molecule has 0 radical (unpaired) electrons. The van der Waals surface area contributed by atoms with Crippen molar-refractivity contribution in [3.63, 3.8) is 0 Å². The zero-order chi connectivity index (χ0) is 17.9. The smallest absolute Gasteiger partial charge is 0.250 e. The Bertz CT molecular complexity index is 1050. The van der Waals surface area contributed by atoms with Crippen LogP contribution in [0, 0.1) is 18.3 Å². The lowest BCUT2D eigenvalue weighted by Gasteiger charge is -2.10. The molecule has 0 spiro atoms. The summed E-state index contributed by atoms with van der Waals surface area (Å²) in [6, 6.07) is 14.6. The molecule has 2 heterocycles. The van der Waals surface area contributed by atoms with Crippen LogP contribution in [0.3, 0.4) is 0 Å². The molecule has 2 N–H and O–H groups in total. The van der Waals surface area contributed by atoms with E-state index in [9.17, 15) is 8.42 Å². The van der Waals surface area contributed by atoms with Crippen LogP contribution in [0.25, 0.3) is 10.9 Å². The number of pyridine rings is 1. The Balaban J connectivity index is 1.68. The SMILES string of the molecule is Cc1ccc(S(=O)(=O)NCCNc2cc(C#N)nc3ccccc23)s1. The molecule has 0 amide bonds. The van der Waals surface area contributed by atoms with Crippen LogP contribution in [-0.2, 0) is 10.0 Å². The van der Waals surface area contributed by atoms with Crippen LogP contribution < -0.4 is 10.0 Å². The van der Waals surface area contributed by atoms with Gasteiger partial charge in [0.05, 0.1) is 5.52 Å². The van der Waals surface area contributed by atoms with Gasteiger partial charge in [0, 0.05) is 29.0 Å². The lowest BCUT2D eigenvalue weighted by Crippen LogP contribution is -2.28. The number of fused-ring (bicyclic) bond motifs is 1. The van der Waals surface area contributed by atoms with Gasteiger partial charge >= 0.3 is 0 Å². The van der Waals surface area contributed by atoms with Crippen molar-refractivity contribution in [2.24, 2.45) is 0 Å². The van der Waals surface area contributed by atoms with E-state index in [4.69, 9.17) is 5.26 Å². The van der Waals surface area contributed by atoms with Crippen molar-refractivity contribution >= 4 is 38.0 Å². The van der Waals surface area contributed by atoms with E-state index in [1.54, 1.807) is 18.2 Å². The van der Waals surface area contributed by atoms with Gasteiger partial charge in [0.25, 0.3) is 0 Å². The van der Waals surface area contributed by atoms with Gasteiger partial charge in [-0.25, -0.2) is 18.1 Å². The Labute approximate surface area is 150 Å². The number of nitriles is 1. The van der Waals surface area contributed by atoms with Gasteiger partial charge in [0.1, 0.15) is 16.0 Å². The van der Waals surface area contributed by atoms with Gasteiger partial charge in [-0.2, -0.15) is 5.26 Å². The molecule has 0 aliphatic rings. The molecule has 0 unspecified atom stereocenters. The average Bonchev–Trinajstić information content (AvgIpc) is 3.05. The Morgan fingerprint density at radius 1 is 1.20 bits per heavy atom. The van der Waals surface area contributed by atoms with Crippen molar-refractivity contribution in [1.82, 2.24) is 9.71 Å². The van der Waals surface area contributed by atoms with Gasteiger partial charge in [-0.1, -0.05) is 18.2 Å². The van der Waals surface area contributed by atoms with Crippen molar-refractivity contribution in [3.05, 3.63) is 53.0 Å². The van der Waals surface area contributed by atoms with E-state index < -0.39 is 10.0 Å². The second kappa shape index (κ2) is 7.19. The highest BCUT2D eigenvalue weighted by molar-refractivity contribution is 7.91. The number of rotatable bonds is 6. The molecule has 0 saturated heterocycles. The molecule has 6 nitrogen and oxygen atoms in total. The zero-order valence-electron chi connectivity index (χ0n) is 13.5. The number of sulfonamides is 1. The third kappa shape index (κ3) is 3.96. The summed E-state index contributed by atoms with van der Waals surface area (Å²) in [5.41, 5.74) is 1.79. The lowest BCUT2D eigenvalue weighted by atomic mass is 10.1. The Morgan fingerprint density at radius 2 is 2.00 bits per heavy atom. The molecule has 8 heteroatoms. The summed E-state index contributed by atoms with van der Waals surface area (Å²) < 4.78 is 27.3. The van der Waals surface area contributed by atoms with Crippen molar-refractivity contribution in [2.75, 3.05) is 18.4 Å². The van der Waals surface area contributed by atoms with E-state index in [1.165, 1.54) is 11.3 Å². The van der Waals surface area contributed by atoms with Crippen LogP contribution in [0.5, 0.6) is 0 Å². The van der Waals surface area contributed by atoms with E-state index in [-0.39, 0.29) is 6.54 Å². The van der Waals surface area contributed by atoms with E-state index in [2.05, 4.69) is 15.0 Å². The third-order valence-corrected chi connectivity index (χ3v) is 6.50. The molecule has 0 fully saturated rings. The van der Waals surface area contributed by atoms with Crippen LogP contribution in [-0.4, -0.2) is 26.5 Å². The molecule has 0 bridgehead atoms. The number of aryl methyl sites for hydroxylation is 1. The Morgan fingerprint density at radius 3 is 2.72 bits per heavy atom. The van der Waals surface area contributed by atoms with Crippen LogP contribution in [0.4, 0.5) is 5.69 Å². The number of aromatic nitrogens is 1. The van der Waals surface area contributed by atoms with Crippen LogP contribution >= 0.6 is 11.3 Å². The summed E-state index contributed by atoms with van der Waals surface area (Å²) in [5, 5.41) is 13.2. The topological polar surface area (TPSA) is 94.9 Å². The average molecular weight is 372 g/mol. The Hall–Kier alpha value is -2.47. The molecule has 0 atom stereocenters. The van der Waals surface area contributed by atoms with Crippen LogP contribution in [0.2, 0.25) is 0 Å². The molecule has 25 heavy (non-hydrogen) atoms. The molecule has 128 valence electrons. The van der Waals surface area contributed by atoms with E-state index >= 15 is 0 Å². The minimum atomic E-state index is -3.49. The van der Waals surface area contributed by atoms with Crippen LogP contribution in [0.1, 0.15) is 10.6 Å². The highest BCUT2D eigenvalue weighted by Crippen LogP contribution is 2.23. The predicted molar refractivity (Wildman–Crippen MR) is 99.2 cm³/mol. The minimum Gasteiger partial charge on any atom is -0.383 e. The summed E-state index contributed by atoms with van der Waals surface area (Å²) in [4.78, 5) is 5.20. The molecule has 3 rings (SSSR count). The second-order valence-electron chi connectivity index (χ2n) is 5.37. The number of anilines is 1. The van der Waals surface area contributed by atoms with Gasteiger partial charge < -0.3 is 5.32 Å². The number of hydrogen-bond acceptors (Lipinski definition) is 6. The number of thiophene rings is 1. The normalized spacial score (nSPS) is 11.4. The van der Waals surface area contributed by atoms with Crippen molar-refractivity contribution in [1.29, 1.82) is 5.26 Å². The molecule has 2 aromatic heterocycles. The number of benzene rings is 1. The molecular weight excluding hydrogens is 356 g/mol. The lowest BCUT2D eigenvalue weighted by molar-refractivity contribution is 0.585. The molecular formula is C17H16N4O2S2. The number of nitrogens with one attached hydrogen (secondary N) is 2. The minimum absolute atomic E-state index is 0.234. The largest absolute Gasteiger partial charge is 0.383 e. The van der Waals surface area contributed by atoms with Gasteiger partial charge in [-0.15, -0.1) is 11.3 Å². The maximum atomic E-state index is 12.2. The van der Waals surface area contributed by atoms with Gasteiger partial charge in [-0.05, 0) is 31.2 Å². The highest BCUT2D eigenvalue weighted by Gasteiger charge is 2.15. The maximum Gasteiger partial charge on any atom is 0.250 e. The molecule has 0 aliphatic heterocycles. The molecule has 0 aliphatic carbocycles. The predicted octanol–water partition coefficient (Wildman–Crippen LogP) is 2.87. The summed E-state index contributed by atoms with van der Waals surface area (Å²) in [6.45, 7) is 2.49. The monoisotopic (exact) mass is 372 g/mol. The molecule has 0 saturated carbocycles. The first-order valence-corrected chi connectivity index (χ1v) is 9.89. The first-order valence-electron chi connectivity index (χ1n) is 7.59. The van der Waals surface area contributed by atoms with E-state index in [0.29, 0.717) is 16.4 Å². The van der Waals surface area contributed by atoms with Gasteiger partial charge in [-0.3, -0.25) is 0 Å². The standard InChI is InChI=1S/C17H16N4O2S2/c1-12-6-7-17(24-12)25(22,23)20-9-8-19-16-10-13(11-18)21-15-5-3-2-4-14(15)16/h2-7,10,20H,8-9H2,1H3,(H,19,21). The quantitative estimate of drug-likeness (QED) is 0.649. The second-order valence-corrected chi connectivity index (χ2v) is 8.66. The highest BCUT2D eigenvalue weighted by atomic mass is 32.2. The molecule has 3 aromatic rings. The summed E-state index contributed by atoms with van der Waals surface area (Å²) >= 11 is 1.24. The summed E-state index contributed by atoms with van der Waals surface area (Å²) in [5.74, 6) is 0. The number of nitrogens with zero attached hydrogens (tertiary/aromatic N) is 2. The Kier molecular flexibility index (Phi) is 4.99. The van der Waals surface area contributed by atoms with Crippen LogP contribution in [0.15, 0.2) is 46.7 Å². The van der Waals surface area contributed by atoms with Gasteiger partial charge in [0.15, 0.2) is 0 Å².